The van der Waals surface area contributed by atoms with E-state index in [0.717, 1.165) is 43.4 Å². The van der Waals surface area contributed by atoms with Crippen LogP contribution in [0, 0.1) is 0 Å². The Morgan fingerprint density at radius 3 is 1.29 bits per heavy atom. The summed E-state index contributed by atoms with van der Waals surface area (Å²) in [5.74, 6) is -7.25. The van der Waals surface area contributed by atoms with E-state index in [1.807, 2.05) is 6.92 Å². The first-order valence-corrected chi connectivity index (χ1v) is 13.5. The highest BCUT2D eigenvalue weighted by Gasteiger charge is 2.85. The van der Waals surface area contributed by atoms with E-state index in [9.17, 15) is 79.0 Å². The van der Waals surface area contributed by atoms with Gasteiger partial charge >= 0.3 is 42.3 Å². The van der Waals surface area contributed by atoms with Gasteiger partial charge < -0.3 is 14.2 Å². The highest BCUT2D eigenvalue weighted by Crippen LogP contribution is 2.55. The van der Waals surface area contributed by atoms with E-state index in [2.05, 4.69) is 9.47 Å². The minimum Gasteiger partial charge on any atom is -0.486 e. The minimum atomic E-state index is -7.30. The topological polar surface area (TPSA) is 27.7 Å². The van der Waals surface area contributed by atoms with E-state index >= 15 is 0 Å². The molecule has 0 saturated carbocycles. The van der Waals surface area contributed by atoms with Gasteiger partial charge in [0, 0.05) is 0 Å². The first-order valence-electron chi connectivity index (χ1n) is 13.5. The van der Waals surface area contributed by atoms with Crippen LogP contribution in [0.3, 0.4) is 0 Å². The van der Waals surface area contributed by atoms with Crippen LogP contribution in [0.2, 0.25) is 0 Å². The number of ether oxygens (including phenoxy) is 3. The van der Waals surface area contributed by atoms with Crippen molar-refractivity contribution >= 4 is 0 Å². The molecular weight excluding hydrogens is 726 g/mol. The summed E-state index contributed by atoms with van der Waals surface area (Å²) < 4.78 is 241. The van der Waals surface area contributed by atoms with E-state index in [0.29, 0.717) is 11.1 Å². The van der Waals surface area contributed by atoms with Crippen molar-refractivity contribution in [3.8, 4) is 16.9 Å². The summed E-state index contributed by atoms with van der Waals surface area (Å²) in [6.07, 6.45) is -35.1. The lowest BCUT2D eigenvalue weighted by Crippen LogP contribution is -2.68. The number of hydrogen-bond acceptors (Lipinski definition) is 3. The normalized spacial score (nSPS) is 14.3. The van der Waals surface area contributed by atoms with Crippen LogP contribution in [0.1, 0.15) is 31.7 Å². The summed E-state index contributed by atoms with van der Waals surface area (Å²) in [6.45, 7) is -4.86. The van der Waals surface area contributed by atoms with Gasteiger partial charge in [0.25, 0.3) is 0 Å². The highest BCUT2D eigenvalue weighted by atomic mass is 19.4. The van der Waals surface area contributed by atoms with Gasteiger partial charge in [0.05, 0.1) is 13.2 Å². The molecule has 2 rings (SSSR count). The quantitative estimate of drug-likeness (QED) is 0.151. The minimum absolute atomic E-state index is 0.388. The van der Waals surface area contributed by atoms with Crippen molar-refractivity contribution in [2.45, 2.75) is 81.0 Å². The van der Waals surface area contributed by atoms with Crippen LogP contribution in [0.5, 0.6) is 5.75 Å². The molecule has 0 N–H and O–H groups in total. The molecule has 0 bridgehead atoms. The first-order chi connectivity index (χ1) is 22.2. The lowest BCUT2D eigenvalue weighted by Gasteiger charge is -2.39. The van der Waals surface area contributed by atoms with Crippen molar-refractivity contribution in [2.75, 3.05) is 20.1 Å². The second-order valence-electron chi connectivity index (χ2n) is 9.91. The predicted octanol–water partition coefficient (Wildman–Crippen LogP) is 11.0. The van der Waals surface area contributed by atoms with Crippen LogP contribution < -0.4 is 4.74 Å². The summed E-state index contributed by atoms with van der Waals surface area (Å²) in [5.41, 5.74) is -5.05. The van der Waals surface area contributed by atoms with Crippen LogP contribution in [0.25, 0.3) is 11.1 Å². The molecule has 0 aliphatic carbocycles. The van der Waals surface area contributed by atoms with E-state index < -0.39 is 74.3 Å². The van der Waals surface area contributed by atoms with Crippen LogP contribution in [0.15, 0.2) is 48.5 Å². The number of rotatable bonds is 13. The number of benzene rings is 2. The maximum Gasteiger partial charge on any atom is 0.458 e. The zero-order valence-electron chi connectivity index (χ0n) is 24.7. The molecule has 0 fully saturated rings. The van der Waals surface area contributed by atoms with Crippen molar-refractivity contribution in [1.82, 2.24) is 0 Å². The van der Waals surface area contributed by atoms with Crippen molar-refractivity contribution < 1.29 is 93.2 Å². The Morgan fingerprint density at radius 1 is 0.531 bits per heavy atom. The Morgan fingerprint density at radius 2 is 0.918 bits per heavy atom. The van der Waals surface area contributed by atoms with E-state index in [4.69, 9.17) is 4.74 Å². The Labute approximate surface area is 266 Å². The molecule has 3 nitrogen and oxygen atoms in total. The van der Waals surface area contributed by atoms with Crippen LogP contribution >= 0.6 is 0 Å². The fraction of sp³-hybridized carbons (Fsp3) is 0.571. The van der Waals surface area contributed by atoms with E-state index in [-0.39, 0.29) is 0 Å². The molecule has 0 aliphatic heterocycles. The molecule has 1 unspecified atom stereocenters. The van der Waals surface area contributed by atoms with Gasteiger partial charge in [-0.1, -0.05) is 56.2 Å². The predicted molar refractivity (Wildman–Crippen MR) is 135 cm³/mol. The third-order valence-corrected chi connectivity index (χ3v) is 6.39. The van der Waals surface area contributed by atoms with Crippen LogP contribution in [-0.4, -0.2) is 68.6 Å². The number of unbranched alkanes of at least 4 members (excludes halogenated alkanes) is 2. The smallest absolute Gasteiger partial charge is 0.458 e. The Hall–Kier alpha value is -3.10. The highest BCUT2D eigenvalue weighted by molar-refractivity contribution is 5.64. The molecule has 0 heterocycles. The molecule has 2 aromatic rings. The molecule has 0 aliphatic rings. The van der Waals surface area contributed by atoms with E-state index in [1.165, 1.54) is 12.1 Å². The fourth-order valence-electron chi connectivity index (χ4n) is 3.96. The van der Waals surface area contributed by atoms with Crippen LogP contribution in [-0.2, 0) is 15.9 Å². The number of aryl methyl sites for hydroxylation is 1. The maximum atomic E-state index is 14.0. The number of halogens is 18. The van der Waals surface area contributed by atoms with Gasteiger partial charge in [0.2, 0.25) is 6.93 Å². The van der Waals surface area contributed by atoms with Crippen molar-refractivity contribution in [1.29, 1.82) is 0 Å². The van der Waals surface area contributed by atoms with Gasteiger partial charge in [-0.25, -0.2) is 8.78 Å². The van der Waals surface area contributed by atoms with Gasteiger partial charge in [-0.2, -0.15) is 70.2 Å². The summed E-state index contributed by atoms with van der Waals surface area (Å²) in [4.78, 5) is 0. The maximum absolute atomic E-state index is 14.0. The second-order valence-corrected chi connectivity index (χ2v) is 9.91. The zero-order valence-corrected chi connectivity index (χ0v) is 24.7. The number of alkyl halides is 18. The summed E-state index contributed by atoms with van der Waals surface area (Å²) in [6, 6.07) is 11.0. The molecule has 21 heteroatoms. The van der Waals surface area contributed by atoms with Crippen molar-refractivity contribution in [3.05, 3.63) is 54.1 Å². The first kappa shape index (κ1) is 43.9. The Kier molecular flexibility index (Phi) is 15.0. The van der Waals surface area contributed by atoms with Gasteiger partial charge in [0.15, 0.2) is 0 Å². The molecule has 1 atom stereocenters. The zero-order chi connectivity index (χ0) is 38.1. The second kappa shape index (κ2) is 16.7. The molecule has 0 saturated heterocycles. The summed E-state index contributed by atoms with van der Waals surface area (Å²) in [7, 11) is 0. The molecule has 0 spiro atoms. The van der Waals surface area contributed by atoms with Crippen molar-refractivity contribution in [2.24, 2.45) is 0 Å². The average molecular weight is 752 g/mol. The standard InChI is InChI=1S/C27H24F16O3.CH2F2/c1-2-3-4-5-16-6-8-17(9-7-16)18-10-12-19(13-11-18)46-20(15-45-22(28,26(38,39)40)27(41,42)43)14-44-21(23(29,30)31,24(32,33)34)25(35,36)37;2-1-3/h6-13,20H,2-5,14-15H2,1H3;1H2. The third kappa shape index (κ3) is 10.9. The largest absolute Gasteiger partial charge is 0.486 e. The van der Waals surface area contributed by atoms with Gasteiger partial charge in [-0.3, -0.25) is 0 Å². The summed E-state index contributed by atoms with van der Waals surface area (Å²) in [5, 5.41) is 0. The summed E-state index contributed by atoms with van der Waals surface area (Å²) >= 11 is 0. The Balaban J connectivity index is 0.00000385. The van der Waals surface area contributed by atoms with Gasteiger partial charge in [-0.15, -0.1) is 0 Å². The third-order valence-electron chi connectivity index (χ3n) is 6.39. The van der Waals surface area contributed by atoms with Gasteiger partial charge in [-0.05, 0) is 41.7 Å². The Bertz CT molecular complexity index is 1200. The molecule has 2 aromatic carbocycles. The molecule has 0 amide bonds. The van der Waals surface area contributed by atoms with Gasteiger partial charge in [0.1, 0.15) is 11.9 Å². The molecular formula is C28H26F18O3. The SMILES string of the molecule is CCCCCc1ccc(-c2ccc(OC(COC(F)(C(F)(F)F)C(F)(F)F)COC(C(F)(F)F)(C(F)(F)F)C(F)(F)F)cc2)cc1.FCF. The number of hydrogen-bond donors (Lipinski definition) is 0. The lowest BCUT2D eigenvalue weighted by molar-refractivity contribution is -0.460. The fourth-order valence-corrected chi connectivity index (χ4v) is 3.96. The monoisotopic (exact) mass is 752 g/mol. The van der Waals surface area contributed by atoms with Crippen LogP contribution in [0.4, 0.5) is 79.0 Å². The molecule has 0 aromatic heterocycles. The van der Waals surface area contributed by atoms with Crippen molar-refractivity contribution in [3.63, 3.8) is 0 Å². The molecule has 49 heavy (non-hydrogen) atoms. The van der Waals surface area contributed by atoms with E-state index in [1.54, 1.807) is 24.3 Å². The lowest BCUT2D eigenvalue weighted by atomic mass is 10.0. The molecule has 0 radical (unpaired) electrons. The average Bonchev–Trinajstić information content (AvgIpc) is 2.94. The molecule has 282 valence electrons.